The summed E-state index contributed by atoms with van der Waals surface area (Å²) >= 11 is 3.31. The number of carbonyl (C=O) groups excluding carboxylic acids is 1. The smallest absolute Gasteiger partial charge is 0.233 e. The fourth-order valence-corrected chi connectivity index (χ4v) is 6.23. The fourth-order valence-electron chi connectivity index (χ4n) is 4.25. The molecule has 1 unspecified atom stereocenters. The van der Waals surface area contributed by atoms with Gasteiger partial charge in [-0.1, -0.05) is 30.3 Å². The van der Waals surface area contributed by atoms with Crippen LogP contribution >= 0.6 is 23.1 Å². The minimum atomic E-state index is 0.201. The minimum absolute atomic E-state index is 0.201. The molecule has 2 aliphatic rings. The first-order valence-electron chi connectivity index (χ1n) is 10.5. The molecule has 0 spiro atoms. The average molecular weight is 428 g/mol. The molecule has 8 heteroatoms. The SMILES string of the molecule is O=C(CSc1nnc2n1CCCCC2)N1CCCC(c2nc3ccccc3s2)C1. The van der Waals surface area contributed by atoms with E-state index in [1.54, 1.807) is 11.3 Å². The molecule has 5 rings (SSSR count). The second kappa shape index (κ2) is 8.44. The van der Waals surface area contributed by atoms with E-state index < -0.39 is 0 Å². The number of amides is 1. The summed E-state index contributed by atoms with van der Waals surface area (Å²) in [5.74, 6) is 2.06. The van der Waals surface area contributed by atoms with Crippen molar-refractivity contribution in [2.45, 2.75) is 56.1 Å². The van der Waals surface area contributed by atoms with Crippen LogP contribution in [0, 0.1) is 0 Å². The molecule has 1 saturated heterocycles. The van der Waals surface area contributed by atoms with Crippen molar-refractivity contribution in [3.05, 3.63) is 35.1 Å². The highest BCUT2D eigenvalue weighted by atomic mass is 32.2. The van der Waals surface area contributed by atoms with E-state index in [0.717, 1.165) is 55.4 Å². The topological polar surface area (TPSA) is 63.9 Å². The number of likely N-dealkylation sites (tertiary alicyclic amines) is 1. The van der Waals surface area contributed by atoms with Crippen molar-refractivity contribution in [1.82, 2.24) is 24.6 Å². The maximum atomic E-state index is 12.9. The molecule has 0 bridgehead atoms. The summed E-state index contributed by atoms with van der Waals surface area (Å²) in [6.45, 7) is 2.60. The van der Waals surface area contributed by atoms with Gasteiger partial charge in [-0.3, -0.25) is 4.79 Å². The number of nitrogens with zero attached hydrogens (tertiary/aromatic N) is 5. The van der Waals surface area contributed by atoms with Gasteiger partial charge in [0.15, 0.2) is 5.16 Å². The van der Waals surface area contributed by atoms with Crippen molar-refractivity contribution < 1.29 is 4.79 Å². The van der Waals surface area contributed by atoms with E-state index in [-0.39, 0.29) is 5.91 Å². The average Bonchev–Trinajstić information content (AvgIpc) is 3.29. The number of hydrogen-bond donors (Lipinski definition) is 0. The van der Waals surface area contributed by atoms with Gasteiger partial charge in [0, 0.05) is 32.0 Å². The van der Waals surface area contributed by atoms with Gasteiger partial charge >= 0.3 is 0 Å². The number of piperidine rings is 1. The van der Waals surface area contributed by atoms with Gasteiger partial charge in [-0.25, -0.2) is 4.98 Å². The molecular weight excluding hydrogens is 402 g/mol. The summed E-state index contributed by atoms with van der Waals surface area (Å²) < 4.78 is 3.44. The molecule has 1 amide bonds. The Kier molecular flexibility index (Phi) is 5.54. The second-order valence-electron chi connectivity index (χ2n) is 7.85. The van der Waals surface area contributed by atoms with E-state index >= 15 is 0 Å². The summed E-state index contributed by atoms with van der Waals surface area (Å²) in [4.78, 5) is 19.8. The zero-order valence-corrected chi connectivity index (χ0v) is 18.1. The first-order chi connectivity index (χ1) is 14.3. The Bertz CT molecular complexity index is 981. The number of thioether (sulfide) groups is 1. The van der Waals surface area contributed by atoms with Crippen molar-refractivity contribution >= 4 is 39.2 Å². The first-order valence-corrected chi connectivity index (χ1v) is 12.3. The van der Waals surface area contributed by atoms with Crippen LogP contribution in [0.3, 0.4) is 0 Å². The van der Waals surface area contributed by atoms with E-state index in [2.05, 4.69) is 33.0 Å². The molecule has 152 valence electrons. The first kappa shape index (κ1) is 19.1. The number of aromatic nitrogens is 4. The molecule has 0 aliphatic carbocycles. The lowest BCUT2D eigenvalue weighted by Crippen LogP contribution is -2.40. The Morgan fingerprint density at radius 2 is 2.07 bits per heavy atom. The van der Waals surface area contributed by atoms with E-state index in [9.17, 15) is 4.79 Å². The highest BCUT2D eigenvalue weighted by molar-refractivity contribution is 7.99. The lowest BCUT2D eigenvalue weighted by Gasteiger charge is -2.31. The molecule has 0 saturated carbocycles. The lowest BCUT2D eigenvalue weighted by atomic mass is 9.99. The standard InChI is InChI=1S/C21H25N5OS2/c27-19(14-28-21-24-23-18-10-2-1-5-12-26(18)21)25-11-6-7-15(13-25)20-22-16-8-3-4-9-17(16)29-20/h3-4,8-9,15H,1-2,5-7,10-14H2. The number of benzene rings is 1. The maximum Gasteiger partial charge on any atom is 0.233 e. The van der Waals surface area contributed by atoms with Crippen LogP contribution in [0.1, 0.15) is 48.9 Å². The summed E-state index contributed by atoms with van der Waals surface area (Å²) in [5, 5.41) is 10.7. The van der Waals surface area contributed by atoms with Crippen LogP contribution in [0.5, 0.6) is 0 Å². The van der Waals surface area contributed by atoms with E-state index in [4.69, 9.17) is 4.98 Å². The molecule has 3 aromatic rings. The van der Waals surface area contributed by atoms with Crippen LogP contribution < -0.4 is 0 Å². The van der Waals surface area contributed by atoms with E-state index in [1.165, 1.54) is 40.7 Å². The van der Waals surface area contributed by atoms with Gasteiger partial charge in [-0.2, -0.15) is 0 Å². The van der Waals surface area contributed by atoms with Crippen molar-refractivity contribution in [2.75, 3.05) is 18.8 Å². The number of aryl methyl sites for hydroxylation is 1. The largest absolute Gasteiger partial charge is 0.341 e. The second-order valence-corrected chi connectivity index (χ2v) is 9.85. The molecule has 1 fully saturated rings. The van der Waals surface area contributed by atoms with Crippen molar-refractivity contribution in [3.8, 4) is 0 Å². The Balaban J connectivity index is 1.23. The molecule has 1 atom stereocenters. The van der Waals surface area contributed by atoms with Crippen molar-refractivity contribution in [3.63, 3.8) is 0 Å². The molecule has 1 aromatic carbocycles. The Hall–Kier alpha value is -1.93. The number of carbonyl (C=O) groups is 1. The summed E-state index contributed by atoms with van der Waals surface area (Å²) in [6.07, 6.45) is 6.74. The van der Waals surface area contributed by atoms with Gasteiger partial charge in [0.1, 0.15) is 5.82 Å². The molecular formula is C21H25N5OS2. The van der Waals surface area contributed by atoms with Crippen LogP contribution in [-0.4, -0.2) is 49.4 Å². The lowest BCUT2D eigenvalue weighted by molar-refractivity contribution is -0.129. The number of rotatable bonds is 4. The molecule has 4 heterocycles. The van der Waals surface area contributed by atoms with Gasteiger partial charge in [0.2, 0.25) is 5.91 Å². The Morgan fingerprint density at radius 1 is 1.14 bits per heavy atom. The highest BCUT2D eigenvalue weighted by Gasteiger charge is 2.27. The van der Waals surface area contributed by atoms with Crippen molar-refractivity contribution in [2.24, 2.45) is 0 Å². The molecule has 2 aromatic heterocycles. The zero-order chi connectivity index (χ0) is 19.6. The third-order valence-electron chi connectivity index (χ3n) is 5.83. The molecule has 0 radical (unpaired) electrons. The highest BCUT2D eigenvalue weighted by Crippen LogP contribution is 2.33. The third-order valence-corrected chi connectivity index (χ3v) is 7.98. The summed E-state index contributed by atoms with van der Waals surface area (Å²) in [6, 6.07) is 8.29. The quantitative estimate of drug-likeness (QED) is 0.586. The predicted octanol–water partition coefficient (Wildman–Crippen LogP) is 4.11. The van der Waals surface area contributed by atoms with Gasteiger partial charge in [0.25, 0.3) is 0 Å². The van der Waals surface area contributed by atoms with Gasteiger partial charge < -0.3 is 9.47 Å². The molecule has 29 heavy (non-hydrogen) atoms. The zero-order valence-electron chi connectivity index (χ0n) is 16.4. The van der Waals surface area contributed by atoms with Crippen molar-refractivity contribution in [1.29, 1.82) is 0 Å². The molecule has 2 aliphatic heterocycles. The van der Waals surface area contributed by atoms with Crippen LogP contribution in [0.15, 0.2) is 29.4 Å². The van der Waals surface area contributed by atoms with Crippen LogP contribution in [0.2, 0.25) is 0 Å². The number of hydrogen-bond acceptors (Lipinski definition) is 6. The maximum absolute atomic E-state index is 12.9. The normalized spacial score (nSPS) is 19.9. The van der Waals surface area contributed by atoms with E-state index in [1.807, 2.05) is 11.0 Å². The van der Waals surface area contributed by atoms with Crippen LogP contribution in [0.4, 0.5) is 0 Å². The van der Waals surface area contributed by atoms with Gasteiger partial charge in [0.05, 0.1) is 21.0 Å². The summed E-state index contributed by atoms with van der Waals surface area (Å²) in [5.41, 5.74) is 1.07. The number of fused-ring (bicyclic) bond motifs is 2. The third kappa shape index (κ3) is 4.05. The van der Waals surface area contributed by atoms with Crippen LogP contribution in [-0.2, 0) is 17.8 Å². The van der Waals surface area contributed by atoms with E-state index in [0.29, 0.717) is 11.7 Å². The number of thiazole rings is 1. The Labute approximate surface area is 178 Å². The number of para-hydroxylation sites is 1. The van der Waals surface area contributed by atoms with Gasteiger partial charge in [-0.15, -0.1) is 21.5 Å². The molecule has 6 nitrogen and oxygen atoms in total. The molecule has 0 N–H and O–H groups in total. The summed E-state index contributed by atoms with van der Waals surface area (Å²) in [7, 11) is 0. The van der Waals surface area contributed by atoms with Crippen LogP contribution in [0.25, 0.3) is 10.2 Å². The monoisotopic (exact) mass is 427 g/mol. The minimum Gasteiger partial charge on any atom is -0.341 e. The predicted molar refractivity (Wildman–Crippen MR) is 116 cm³/mol. The van der Waals surface area contributed by atoms with Gasteiger partial charge in [-0.05, 0) is 37.8 Å². The fraction of sp³-hybridized carbons (Fsp3) is 0.524. The Morgan fingerprint density at radius 3 is 3.00 bits per heavy atom.